The molecule has 184 valence electrons. The molecular formula is C27H26FN5O3. The van der Waals surface area contributed by atoms with Crippen molar-refractivity contribution >= 4 is 17.6 Å². The number of benzene rings is 2. The number of nitrogens with zero attached hydrogens (tertiary/aromatic N) is 3. The molecule has 5 rings (SSSR count). The lowest BCUT2D eigenvalue weighted by Gasteiger charge is -2.25. The first-order valence-electron chi connectivity index (χ1n) is 11.8. The molecule has 1 aliphatic carbocycles. The summed E-state index contributed by atoms with van der Waals surface area (Å²) in [6.07, 6.45) is 4.71. The Morgan fingerprint density at radius 1 is 1.11 bits per heavy atom. The van der Waals surface area contributed by atoms with E-state index >= 15 is 0 Å². The lowest BCUT2D eigenvalue weighted by molar-refractivity contribution is 0.101. The number of anilines is 1. The highest BCUT2D eigenvalue weighted by molar-refractivity contribution is 6.03. The van der Waals surface area contributed by atoms with E-state index in [4.69, 9.17) is 0 Å². The van der Waals surface area contributed by atoms with Gasteiger partial charge in [-0.2, -0.15) is 9.78 Å². The normalized spacial score (nSPS) is 13.3. The van der Waals surface area contributed by atoms with Crippen LogP contribution in [0.15, 0.2) is 66.9 Å². The molecule has 8 nitrogen and oxygen atoms in total. The fourth-order valence-corrected chi connectivity index (χ4v) is 4.28. The first-order chi connectivity index (χ1) is 17.4. The van der Waals surface area contributed by atoms with E-state index < -0.39 is 11.8 Å². The lowest BCUT2D eigenvalue weighted by atomic mass is 9.82. The Bertz CT molecular complexity index is 1440. The summed E-state index contributed by atoms with van der Waals surface area (Å²) in [7, 11) is 1.78. The molecule has 2 aromatic carbocycles. The van der Waals surface area contributed by atoms with Crippen LogP contribution in [0.2, 0.25) is 0 Å². The van der Waals surface area contributed by atoms with Crippen LogP contribution < -0.4 is 10.6 Å². The molecule has 0 saturated heterocycles. The molecule has 0 atom stereocenters. The van der Waals surface area contributed by atoms with Crippen LogP contribution in [0.25, 0.3) is 11.3 Å². The minimum Gasteiger partial charge on any atom is -0.507 e. The summed E-state index contributed by atoms with van der Waals surface area (Å²) in [6, 6.07) is 15.8. The summed E-state index contributed by atoms with van der Waals surface area (Å²) in [5.41, 5.74) is 2.89. The Labute approximate surface area is 207 Å². The van der Waals surface area contributed by atoms with Crippen molar-refractivity contribution in [2.45, 2.75) is 31.7 Å². The van der Waals surface area contributed by atoms with Gasteiger partial charge in [-0.05, 0) is 55.3 Å². The topological polar surface area (TPSA) is 101 Å². The number of halogens is 1. The number of carbonyl (C=O) groups is 2. The van der Waals surface area contributed by atoms with Gasteiger partial charge in [0.15, 0.2) is 0 Å². The maximum atomic E-state index is 14.0. The molecule has 0 radical (unpaired) electrons. The van der Waals surface area contributed by atoms with Crippen molar-refractivity contribution in [3.05, 3.63) is 89.6 Å². The molecule has 0 aliphatic heterocycles. The number of hydrogen-bond acceptors (Lipinski definition) is 4. The summed E-state index contributed by atoms with van der Waals surface area (Å²) >= 11 is 0. The van der Waals surface area contributed by atoms with E-state index in [0.29, 0.717) is 28.2 Å². The number of aryl methyl sites for hydroxylation is 1. The van der Waals surface area contributed by atoms with Gasteiger partial charge in [-0.25, -0.2) is 9.18 Å². The second-order valence-electron chi connectivity index (χ2n) is 8.93. The van der Waals surface area contributed by atoms with Gasteiger partial charge in [0.2, 0.25) is 0 Å². The van der Waals surface area contributed by atoms with E-state index in [-0.39, 0.29) is 24.1 Å². The van der Waals surface area contributed by atoms with Crippen molar-refractivity contribution in [3.8, 4) is 17.0 Å². The van der Waals surface area contributed by atoms with Crippen LogP contribution in [-0.4, -0.2) is 31.4 Å². The second-order valence-corrected chi connectivity index (χ2v) is 8.93. The molecule has 2 aromatic heterocycles. The van der Waals surface area contributed by atoms with Gasteiger partial charge in [-0.1, -0.05) is 24.6 Å². The van der Waals surface area contributed by atoms with E-state index in [1.807, 2.05) is 0 Å². The average molecular weight is 488 g/mol. The van der Waals surface area contributed by atoms with E-state index in [9.17, 15) is 19.1 Å². The molecule has 0 unspecified atom stereocenters. The number of hydrogen-bond donors (Lipinski definition) is 3. The zero-order valence-electron chi connectivity index (χ0n) is 19.7. The summed E-state index contributed by atoms with van der Waals surface area (Å²) in [5.74, 6) is -0.527. The molecule has 36 heavy (non-hydrogen) atoms. The Kier molecular flexibility index (Phi) is 6.28. The third-order valence-electron chi connectivity index (χ3n) is 6.55. The van der Waals surface area contributed by atoms with Gasteiger partial charge in [0.25, 0.3) is 5.91 Å². The quantitative estimate of drug-likeness (QED) is 0.333. The molecule has 3 N–H and O–H groups in total. The zero-order valence-corrected chi connectivity index (χ0v) is 19.7. The second kappa shape index (κ2) is 9.69. The van der Waals surface area contributed by atoms with Gasteiger partial charge in [-0.15, -0.1) is 0 Å². The van der Waals surface area contributed by atoms with Crippen LogP contribution in [0.1, 0.15) is 46.9 Å². The predicted molar refractivity (Wildman–Crippen MR) is 133 cm³/mol. The number of amides is 2. The molecule has 2 heterocycles. The molecule has 1 fully saturated rings. The highest BCUT2D eigenvalue weighted by Crippen LogP contribution is 2.39. The van der Waals surface area contributed by atoms with Crippen molar-refractivity contribution in [2.24, 2.45) is 7.05 Å². The minimum absolute atomic E-state index is 0.0245. The van der Waals surface area contributed by atoms with Crippen molar-refractivity contribution in [2.75, 3.05) is 5.32 Å². The molecule has 4 aromatic rings. The number of carbonyl (C=O) groups excluding carboxylic acids is 2. The van der Waals surface area contributed by atoms with Crippen LogP contribution >= 0.6 is 0 Å². The van der Waals surface area contributed by atoms with Crippen molar-refractivity contribution < 1.29 is 19.1 Å². The van der Waals surface area contributed by atoms with E-state index in [2.05, 4.69) is 15.7 Å². The molecule has 1 saturated carbocycles. The fraction of sp³-hybridized carbons (Fsp3) is 0.222. The number of nitrogens with one attached hydrogen (secondary N) is 2. The third-order valence-corrected chi connectivity index (χ3v) is 6.55. The molecular weight excluding hydrogens is 461 g/mol. The highest BCUT2D eigenvalue weighted by Gasteiger charge is 2.28. The molecule has 0 bridgehead atoms. The van der Waals surface area contributed by atoms with Crippen molar-refractivity contribution in [1.29, 1.82) is 0 Å². The highest BCUT2D eigenvalue weighted by atomic mass is 19.1. The predicted octanol–water partition coefficient (Wildman–Crippen LogP) is 5.01. The summed E-state index contributed by atoms with van der Waals surface area (Å²) in [4.78, 5) is 25.7. The Balaban J connectivity index is 1.42. The van der Waals surface area contributed by atoms with Crippen LogP contribution in [-0.2, 0) is 13.6 Å². The van der Waals surface area contributed by atoms with Crippen LogP contribution in [0.3, 0.4) is 0 Å². The van der Waals surface area contributed by atoms with Gasteiger partial charge >= 0.3 is 6.03 Å². The number of aromatic nitrogens is 3. The maximum Gasteiger partial charge on any atom is 0.342 e. The summed E-state index contributed by atoms with van der Waals surface area (Å²) in [6.45, 7) is 0.0245. The standard InChI is InChI=1S/C27H26FN5O3/c1-32-13-5-10-23(32)26(35)30-19-11-12-25(34)20(14-19)22-15-24(17-7-4-8-17)33(31-22)27(36)29-16-18-6-2-3-9-21(18)28/h2-3,5-6,9-15,17,34H,4,7-8,16H2,1H3,(H,29,36)(H,30,35). The molecule has 1 aliphatic rings. The lowest BCUT2D eigenvalue weighted by Crippen LogP contribution is -2.31. The first-order valence-corrected chi connectivity index (χ1v) is 11.8. The monoisotopic (exact) mass is 487 g/mol. The Morgan fingerprint density at radius 2 is 1.92 bits per heavy atom. The largest absolute Gasteiger partial charge is 0.507 e. The summed E-state index contributed by atoms with van der Waals surface area (Å²) in [5, 5.41) is 20.6. The number of phenols is 1. The number of rotatable bonds is 6. The molecule has 0 spiro atoms. The minimum atomic E-state index is -0.473. The number of aromatic hydroxyl groups is 1. The van der Waals surface area contributed by atoms with E-state index in [1.165, 1.54) is 16.8 Å². The average Bonchev–Trinajstić information content (AvgIpc) is 3.45. The van der Waals surface area contributed by atoms with Crippen molar-refractivity contribution in [1.82, 2.24) is 19.7 Å². The molecule has 2 amide bonds. The Morgan fingerprint density at radius 3 is 2.61 bits per heavy atom. The van der Waals surface area contributed by atoms with Gasteiger partial charge < -0.3 is 20.3 Å². The van der Waals surface area contributed by atoms with Crippen LogP contribution in [0.5, 0.6) is 5.75 Å². The van der Waals surface area contributed by atoms with Gasteiger partial charge in [0.1, 0.15) is 17.3 Å². The van der Waals surface area contributed by atoms with Crippen LogP contribution in [0.4, 0.5) is 14.9 Å². The van der Waals surface area contributed by atoms with Gasteiger partial charge in [-0.3, -0.25) is 4.79 Å². The van der Waals surface area contributed by atoms with Crippen molar-refractivity contribution in [3.63, 3.8) is 0 Å². The van der Waals surface area contributed by atoms with E-state index in [0.717, 1.165) is 25.0 Å². The van der Waals surface area contributed by atoms with Gasteiger partial charge in [0, 0.05) is 42.5 Å². The number of phenolic OH excluding ortho intramolecular Hbond substituents is 1. The van der Waals surface area contributed by atoms with Crippen LogP contribution in [0, 0.1) is 5.82 Å². The smallest absolute Gasteiger partial charge is 0.342 e. The SMILES string of the molecule is Cn1cccc1C(=O)Nc1ccc(O)c(-c2cc(C3CCC3)n(C(=O)NCc3ccccc3F)n2)c1. The molecule has 9 heteroatoms. The third kappa shape index (κ3) is 4.59. The van der Waals surface area contributed by atoms with E-state index in [1.54, 1.807) is 66.3 Å². The summed E-state index contributed by atoms with van der Waals surface area (Å²) < 4.78 is 17.0. The van der Waals surface area contributed by atoms with Gasteiger partial charge in [0.05, 0.1) is 11.4 Å². The maximum absolute atomic E-state index is 14.0. The fourth-order valence-electron chi connectivity index (χ4n) is 4.28. The Hall–Kier alpha value is -4.40. The zero-order chi connectivity index (χ0) is 25.2. The first kappa shape index (κ1) is 23.3.